The molecule has 0 spiro atoms. The van der Waals surface area contributed by atoms with Gasteiger partial charge in [0, 0.05) is 13.0 Å². The van der Waals surface area contributed by atoms with Crippen LogP contribution in [0, 0.1) is 0 Å². The van der Waals surface area contributed by atoms with Gasteiger partial charge in [0.25, 0.3) is 0 Å². The molecular formula is C19H40O3. The molecular weight excluding hydrogens is 276 g/mol. The van der Waals surface area contributed by atoms with Crippen LogP contribution in [0.2, 0.25) is 0 Å². The lowest BCUT2D eigenvalue weighted by molar-refractivity contribution is -0.0778. The Bertz CT molecular complexity index is 229. The number of aliphatic hydroxyl groups excluding tert-OH is 2. The van der Waals surface area contributed by atoms with E-state index in [4.69, 9.17) is 5.11 Å². The highest BCUT2D eigenvalue weighted by atomic mass is 16.3. The summed E-state index contributed by atoms with van der Waals surface area (Å²) >= 11 is 0. The van der Waals surface area contributed by atoms with Crippen molar-refractivity contribution in [3.8, 4) is 0 Å². The van der Waals surface area contributed by atoms with E-state index < -0.39 is 11.7 Å². The topological polar surface area (TPSA) is 60.7 Å². The average Bonchev–Trinajstić information content (AvgIpc) is 2.48. The van der Waals surface area contributed by atoms with E-state index in [1.807, 2.05) is 0 Å². The van der Waals surface area contributed by atoms with E-state index in [2.05, 4.69) is 6.92 Å². The summed E-state index contributed by atoms with van der Waals surface area (Å²) in [6, 6.07) is 0. The van der Waals surface area contributed by atoms with E-state index in [9.17, 15) is 10.2 Å². The van der Waals surface area contributed by atoms with E-state index in [-0.39, 0.29) is 13.0 Å². The highest BCUT2D eigenvalue weighted by molar-refractivity contribution is 4.81. The van der Waals surface area contributed by atoms with E-state index in [0.717, 1.165) is 12.8 Å². The van der Waals surface area contributed by atoms with Gasteiger partial charge in [-0.2, -0.15) is 0 Å². The molecule has 2 unspecified atom stereocenters. The van der Waals surface area contributed by atoms with Crippen LogP contribution in [-0.2, 0) is 0 Å². The van der Waals surface area contributed by atoms with Crippen LogP contribution in [0.25, 0.3) is 0 Å². The molecule has 2 atom stereocenters. The van der Waals surface area contributed by atoms with Gasteiger partial charge in [0.1, 0.15) is 0 Å². The summed E-state index contributed by atoms with van der Waals surface area (Å²) in [5, 5.41) is 28.7. The summed E-state index contributed by atoms with van der Waals surface area (Å²) in [5.41, 5.74) is -1.15. The Morgan fingerprint density at radius 2 is 1.18 bits per heavy atom. The minimum absolute atomic E-state index is 0.0808. The Morgan fingerprint density at radius 1 is 0.773 bits per heavy atom. The van der Waals surface area contributed by atoms with E-state index in [1.165, 1.54) is 64.2 Å². The van der Waals surface area contributed by atoms with Crippen LogP contribution in [0.15, 0.2) is 0 Å². The maximum atomic E-state index is 9.95. The van der Waals surface area contributed by atoms with Crippen LogP contribution in [0.5, 0.6) is 0 Å². The molecule has 0 aromatic carbocycles. The molecule has 0 bridgehead atoms. The molecule has 0 aliphatic carbocycles. The Morgan fingerprint density at radius 3 is 1.59 bits per heavy atom. The summed E-state index contributed by atoms with van der Waals surface area (Å²) in [7, 11) is 0. The zero-order valence-corrected chi connectivity index (χ0v) is 15.0. The minimum Gasteiger partial charge on any atom is -0.396 e. The van der Waals surface area contributed by atoms with E-state index >= 15 is 0 Å². The van der Waals surface area contributed by atoms with Crippen LogP contribution in [0.4, 0.5) is 0 Å². The second-order valence-electron chi connectivity index (χ2n) is 7.02. The van der Waals surface area contributed by atoms with Crippen molar-refractivity contribution in [3.05, 3.63) is 0 Å². The zero-order valence-electron chi connectivity index (χ0n) is 15.0. The molecule has 22 heavy (non-hydrogen) atoms. The second kappa shape index (κ2) is 14.5. The van der Waals surface area contributed by atoms with Crippen LogP contribution >= 0.6 is 0 Å². The van der Waals surface area contributed by atoms with Gasteiger partial charge in [-0.15, -0.1) is 0 Å². The zero-order chi connectivity index (χ0) is 16.7. The van der Waals surface area contributed by atoms with Gasteiger partial charge in [0.15, 0.2) is 0 Å². The fraction of sp³-hybridized carbons (Fsp3) is 1.00. The standard InChI is InChI=1S/C19H40O3/c1-3-4-5-6-7-8-9-10-11-12-13-14-15-18(21)19(2,22)16-17-20/h18,20-22H,3-17H2,1-2H3. The van der Waals surface area contributed by atoms with Crippen molar-refractivity contribution in [2.24, 2.45) is 0 Å². The molecule has 0 fully saturated rings. The molecule has 0 aromatic heterocycles. The minimum atomic E-state index is -1.15. The number of unbranched alkanes of at least 4 members (excludes halogenated alkanes) is 11. The van der Waals surface area contributed by atoms with Gasteiger partial charge in [-0.3, -0.25) is 0 Å². The first-order chi connectivity index (χ1) is 10.5. The number of aliphatic hydroxyl groups is 3. The van der Waals surface area contributed by atoms with Gasteiger partial charge in [0.05, 0.1) is 11.7 Å². The first-order valence-electron chi connectivity index (χ1n) is 9.56. The summed E-state index contributed by atoms with van der Waals surface area (Å²) in [6.45, 7) is 3.78. The van der Waals surface area contributed by atoms with Crippen molar-refractivity contribution in [1.29, 1.82) is 0 Å². The van der Waals surface area contributed by atoms with Crippen LogP contribution < -0.4 is 0 Å². The van der Waals surface area contributed by atoms with Gasteiger partial charge < -0.3 is 15.3 Å². The van der Waals surface area contributed by atoms with Crippen LogP contribution in [0.1, 0.15) is 104 Å². The Hall–Kier alpha value is -0.120. The lowest BCUT2D eigenvalue weighted by Crippen LogP contribution is -2.40. The first-order valence-corrected chi connectivity index (χ1v) is 9.56. The largest absolute Gasteiger partial charge is 0.396 e. The molecule has 0 amide bonds. The monoisotopic (exact) mass is 316 g/mol. The van der Waals surface area contributed by atoms with Crippen molar-refractivity contribution in [2.45, 2.75) is 115 Å². The van der Waals surface area contributed by atoms with E-state index in [1.54, 1.807) is 6.92 Å². The maximum Gasteiger partial charge on any atom is 0.0899 e. The molecule has 0 saturated carbocycles. The smallest absolute Gasteiger partial charge is 0.0899 e. The van der Waals surface area contributed by atoms with Crippen molar-refractivity contribution < 1.29 is 15.3 Å². The molecule has 3 nitrogen and oxygen atoms in total. The molecule has 0 rings (SSSR count). The summed E-state index contributed by atoms with van der Waals surface area (Å²) < 4.78 is 0. The number of hydrogen-bond donors (Lipinski definition) is 3. The average molecular weight is 317 g/mol. The highest BCUT2D eigenvalue weighted by Gasteiger charge is 2.28. The van der Waals surface area contributed by atoms with Crippen molar-refractivity contribution in [2.75, 3.05) is 6.61 Å². The first kappa shape index (κ1) is 21.9. The SMILES string of the molecule is CCCCCCCCCCCCCCC(O)C(C)(O)CCO. The summed E-state index contributed by atoms with van der Waals surface area (Å²) in [4.78, 5) is 0. The van der Waals surface area contributed by atoms with Gasteiger partial charge in [0.2, 0.25) is 0 Å². The molecule has 3 N–H and O–H groups in total. The quantitative estimate of drug-likeness (QED) is 0.365. The molecule has 134 valence electrons. The Labute approximate surface area is 138 Å². The van der Waals surface area contributed by atoms with Gasteiger partial charge in [-0.1, -0.05) is 84.0 Å². The van der Waals surface area contributed by atoms with Crippen molar-refractivity contribution in [3.63, 3.8) is 0 Å². The second-order valence-corrected chi connectivity index (χ2v) is 7.02. The Kier molecular flexibility index (Phi) is 14.4. The normalized spacial score (nSPS) is 15.7. The van der Waals surface area contributed by atoms with Gasteiger partial charge in [-0.05, 0) is 13.3 Å². The van der Waals surface area contributed by atoms with Gasteiger partial charge in [-0.25, -0.2) is 0 Å². The molecule has 0 aliphatic rings. The maximum absolute atomic E-state index is 9.95. The molecule has 0 saturated heterocycles. The molecule has 0 radical (unpaired) electrons. The van der Waals surface area contributed by atoms with Crippen molar-refractivity contribution >= 4 is 0 Å². The fourth-order valence-corrected chi connectivity index (χ4v) is 2.88. The third-order valence-corrected chi connectivity index (χ3v) is 4.67. The van der Waals surface area contributed by atoms with E-state index in [0.29, 0.717) is 6.42 Å². The summed E-state index contributed by atoms with van der Waals surface area (Å²) in [5.74, 6) is 0. The third kappa shape index (κ3) is 12.4. The van der Waals surface area contributed by atoms with Crippen LogP contribution in [-0.4, -0.2) is 33.6 Å². The predicted octanol–water partition coefficient (Wildman–Crippen LogP) is 4.57. The predicted molar refractivity (Wildman–Crippen MR) is 94.0 cm³/mol. The lowest BCUT2D eigenvalue weighted by atomic mass is 9.91. The Balaban J connectivity index is 3.30. The number of hydrogen-bond acceptors (Lipinski definition) is 3. The van der Waals surface area contributed by atoms with Crippen LogP contribution in [0.3, 0.4) is 0 Å². The molecule has 3 heteroatoms. The number of rotatable bonds is 16. The molecule has 0 aromatic rings. The molecule has 0 aliphatic heterocycles. The molecule has 0 heterocycles. The fourth-order valence-electron chi connectivity index (χ4n) is 2.88. The lowest BCUT2D eigenvalue weighted by Gasteiger charge is -2.28. The summed E-state index contributed by atoms with van der Waals surface area (Å²) in [6.07, 6.45) is 15.7. The van der Waals surface area contributed by atoms with Crippen molar-refractivity contribution in [1.82, 2.24) is 0 Å². The van der Waals surface area contributed by atoms with Gasteiger partial charge >= 0.3 is 0 Å². The highest BCUT2D eigenvalue weighted by Crippen LogP contribution is 2.20. The third-order valence-electron chi connectivity index (χ3n) is 4.67.